The maximum Gasteiger partial charge on any atom is 0.0443 e. The van der Waals surface area contributed by atoms with Gasteiger partial charge in [-0.3, -0.25) is 4.90 Å². The Bertz CT molecular complexity index is 318. The summed E-state index contributed by atoms with van der Waals surface area (Å²) in [6.45, 7) is 3.49. The number of hydrogen-bond acceptors (Lipinski definition) is 3. The third-order valence-corrected chi connectivity index (χ3v) is 3.71. The molecule has 3 heteroatoms. The van der Waals surface area contributed by atoms with E-state index in [1.165, 1.54) is 10.5 Å². The summed E-state index contributed by atoms with van der Waals surface area (Å²) in [4.78, 5) is 3.81. The molecule has 0 unspecified atom stereocenters. The molecule has 2 heterocycles. The summed E-state index contributed by atoms with van der Waals surface area (Å²) in [6, 6.07) is 4.30. The first kappa shape index (κ1) is 10.9. The van der Waals surface area contributed by atoms with E-state index in [-0.39, 0.29) is 0 Å². The zero-order chi connectivity index (χ0) is 10.5. The van der Waals surface area contributed by atoms with E-state index < -0.39 is 0 Å². The number of thiophene rings is 1. The van der Waals surface area contributed by atoms with E-state index in [4.69, 9.17) is 5.11 Å². The molecule has 0 spiro atoms. The largest absolute Gasteiger partial charge is 0.396 e. The van der Waals surface area contributed by atoms with Crippen molar-refractivity contribution in [2.24, 2.45) is 0 Å². The van der Waals surface area contributed by atoms with E-state index in [1.54, 1.807) is 0 Å². The van der Waals surface area contributed by atoms with Crippen LogP contribution in [-0.4, -0.2) is 36.2 Å². The summed E-state index contributed by atoms with van der Waals surface area (Å²) in [7, 11) is 0. The zero-order valence-electron chi connectivity index (χ0n) is 8.85. The highest BCUT2D eigenvalue weighted by Crippen LogP contribution is 2.25. The fourth-order valence-electron chi connectivity index (χ4n) is 1.89. The van der Waals surface area contributed by atoms with Crippen molar-refractivity contribution in [3.05, 3.63) is 28.5 Å². The fourth-order valence-corrected chi connectivity index (χ4v) is 2.69. The molecule has 0 saturated heterocycles. The van der Waals surface area contributed by atoms with Crippen LogP contribution < -0.4 is 0 Å². The van der Waals surface area contributed by atoms with Gasteiger partial charge in [-0.15, -0.1) is 11.3 Å². The smallest absolute Gasteiger partial charge is 0.0443 e. The summed E-state index contributed by atoms with van der Waals surface area (Å²) >= 11 is 1.82. The first-order valence-corrected chi connectivity index (χ1v) is 6.34. The van der Waals surface area contributed by atoms with Gasteiger partial charge >= 0.3 is 0 Å². The highest BCUT2D eigenvalue weighted by atomic mass is 32.1. The van der Waals surface area contributed by atoms with Crippen molar-refractivity contribution < 1.29 is 5.11 Å². The summed E-state index contributed by atoms with van der Waals surface area (Å²) in [6.07, 6.45) is 4.36. The lowest BCUT2D eigenvalue weighted by Gasteiger charge is -2.25. The van der Waals surface area contributed by atoms with Crippen LogP contribution in [0.1, 0.15) is 17.7 Å². The molecule has 1 aliphatic rings. The van der Waals surface area contributed by atoms with Crippen LogP contribution >= 0.6 is 11.3 Å². The Balaban J connectivity index is 1.89. The second-order valence-corrected chi connectivity index (χ2v) is 4.78. The lowest BCUT2D eigenvalue weighted by Crippen LogP contribution is -2.29. The third kappa shape index (κ3) is 2.91. The van der Waals surface area contributed by atoms with Crippen LogP contribution in [-0.2, 0) is 0 Å². The summed E-state index contributed by atoms with van der Waals surface area (Å²) in [5.74, 6) is 0. The molecule has 0 radical (unpaired) electrons. The minimum atomic E-state index is 0.304. The molecule has 15 heavy (non-hydrogen) atoms. The van der Waals surface area contributed by atoms with Gasteiger partial charge in [-0.1, -0.05) is 12.1 Å². The van der Waals surface area contributed by atoms with Crippen LogP contribution in [0.3, 0.4) is 0 Å². The summed E-state index contributed by atoms with van der Waals surface area (Å²) in [5.41, 5.74) is 1.49. The SMILES string of the molecule is OCCCN1CC=C(c2cccs2)CC1. The van der Waals surface area contributed by atoms with Crippen LogP contribution in [0, 0.1) is 0 Å². The highest BCUT2D eigenvalue weighted by Gasteiger charge is 2.12. The molecule has 2 nitrogen and oxygen atoms in total. The Labute approximate surface area is 94.8 Å². The number of aliphatic hydroxyl groups is 1. The van der Waals surface area contributed by atoms with Crippen molar-refractivity contribution in [2.45, 2.75) is 12.8 Å². The van der Waals surface area contributed by atoms with Crippen molar-refractivity contribution in [3.8, 4) is 0 Å². The van der Waals surface area contributed by atoms with Gasteiger partial charge in [-0.2, -0.15) is 0 Å². The van der Waals surface area contributed by atoms with Gasteiger partial charge in [-0.25, -0.2) is 0 Å². The Morgan fingerprint density at radius 2 is 2.40 bits per heavy atom. The second-order valence-electron chi connectivity index (χ2n) is 3.83. The van der Waals surface area contributed by atoms with Crippen molar-refractivity contribution in [2.75, 3.05) is 26.2 Å². The molecule has 0 atom stereocenters. The molecule has 1 aromatic heterocycles. The summed E-state index contributed by atoms with van der Waals surface area (Å²) in [5, 5.41) is 10.9. The quantitative estimate of drug-likeness (QED) is 0.846. The van der Waals surface area contributed by atoms with Crippen LogP contribution in [0.25, 0.3) is 5.57 Å². The molecule has 1 N–H and O–H groups in total. The first-order chi connectivity index (χ1) is 7.40. The van der Waals surface area contributed by atoms with Crippen molar-refractivity contribution >= 4 is 16.9 Å². The molecular weight excluding hydrogens is 206 g/mol. The molecule has 0 aromatic carbocycles. The van der Waals surface area contributed by atoms with Gasteiger partial charge in [0.15, 0.2) is 0 Å². The van der Waals surface area contributed by atoms with Gasteiger partial charge < -0.3 is 5.11 Å². The van der Waals surface area contributed by atoms with Gasteiger partial charge in [0.2, 0.25) is 0 Å². The predicted molar refractivity (Wildman–Crippen MR) is 65.1 cm³/mol. The standard InChI is InChI=1S/C12H17NOS/c14-9-2-6-13-7-4-11(5-8-13)12-3-1-10-15-12/h1,3-4,10,14H,2,5-9H2. The van der Waals surface area contributed by atoms with Crippen molar-refractivity contribution in [1.29, 1.82) is 0 Å². The van der Waals surface area contributed by atoms with Gasteiger partial charge in [0.1, 0.15) is 0 Å². The normalized spacial score (nSPS) is 17.8. The Morgan fingerprint density at radius 1 is 1.47 bits per heavy atom. The predicted octanol–water partition coefficient (Wildman–Crippen LogP) is 2.22. The third-order valence-electron chi connectivity index (χ3n) is 2.76. The van der Waals surface area contributed by atoms with Gasteiger partial charge in [-0.05, 0) is 29.9 Å². The Morgan fingerprint density at radius 3 is 3.00 bits per heavy atom. The molecule has 0 amide bonds. The Kier molecular flexibility index (Phi) is 3.94. The topological polar surface area (TPSA) is 23.5 Å². The van der Waals surface area contributed by atoms with Crippen LogP contribution in [0.5, 0.6) is 0 Å². The highest BCUT2D eigenvalue weighted by molar-refractivity contribution is 7.11. The van der Waals surface area contributed by atoms with E-state index in [1.807, 2.05) is 11.3 Å². The monoisotopic (exact) mass is 223 g/mol. The van der Waals surface area contributed by atoms with Crippen LogP contribution in [0.15, 0.2) is 23.6 Å². The van der Waals surface area contributed by atoms with E-state index in [2.05, 4.69) is 28.5 Å². The Hall–Kier alpha value is -0.640. The molecule has 0 bridgehead atoms. The maximum atomic E-state index is 8.76. The minimum absolute atomic E-state index is 0.304. The second kappa shape index (κ2) is 5.45. The lowest BCUT2D eigenvalue weighted by molar-refractivity contribution is 0.236. The summed E-state index contributed by atoms with van der Waals surface area (Å²) < 4.78 is 0. The molecular formula is C12H17NOS. The zero-order valence-corrected chi connectivity index (χ0v) is 9.67. The van der Waals surface area contributed by atoms with Gasteiger partial charge in [0, 0.05) is 31.1 Å². The number of aliphatic hydroxyl groups excluding tert-OH is 1. The van der Waals surface area contributed by atoms with Gasteiger partial charge in [0.25, 0.3) is 0 Å². The number of hydrogen-bond donors (Lipinski definition) is 1. The molecule has 1 aliphatic heterocycles. The average Bonchev–Trinajstić information content (AvgIpc) is 2.80. The molecule has 0 fully saturated rings. The van der Waals surface area contributed by atoms with E-state index in [9.17, 15) is 0 Å². The van der Waals surface area contributed by atoms with E-state index in [0.29, 0.717) is 6.61 Å². The number of nitrogens with zero attached hydrogens (tertiary/aromatic N) is 1. The maximum absolute atomic E-state index is 8.76. The minimum Gasteiger partial charge on any atom is -0.396 e. The van der Waals surface area contributed by atoms with Crippen molar-refractivity contribution in [3.63, 3.8) is 0 Å². The van der Waals surface area contributed by atoms with Crippen LogP contribution in [0.2, 0.25) is 0 Å². The molecule has 0 aliphatic carbocycles. The molecule has 0 saturated carbocycles. The molecule has 1 aromatic rings. The molecule has 82 valence electrons. The van der Waals surface area contributed by atoms with Crippen LogP contribution in [0.4, 0.5) is 0 Å². The van der Waals surface area contributed by atoms with Gasteiger partial charge in [0.05, 0.1) is 0 Å². The fraction of sp³-hybridized carbons (Fsp3) is 0.500. The average molecular weight is 223 g/mol. The lowest BCUT2D eigenvalue weighted by atomic mass is 10.1. The number of rotatable bonds is 4. The molecule has 2 rings (SSSR count). The van der Waals surface area contributed by atoms with E-state index in [0.717, 1.165) is 32.5 Å². The van der Waals surface area contributed by atoms with E-state index >= 15 is 0 Å². The van der Waals surface area contributed by atoms with Crippen molar-refractivity contribution in [1.82, 2.24) is 4.90 Å². The first-order valence-electron chi connectivity index (χ1n) is 5.46.